The summed E-state index contributed by atoms with van der Waals surface area (Å²) in [5.41, 5.74) is 1.32. The first-order chi connectivity index (χ1) is 17.3. The van der Waals surface area contributed by atoms with Crippen LogP contribution in [-0.4, -0.2) is 85.0 Å². The van der Waals surface area contributed by atoms with E-state index >= 15 is 0 Å². The number of aliphatic hydroxyl groups excluding tert-OH is 1. The van der Waals surface area contributed by atoms with Crippen molar-refractivity contribution in [3.05, 3.63) is 70.8 Å². The second-order valence-electron chi connectivity index (χ2n) is 8.86. The largest absolute Gasteiger partial charge is 0.388 e. The average molecular weight is 492 g/mol. The zero-order valence-electron chi connectivity index (χ0n) is 21.0. The van der Waals surface area contributed by atoms with Crippen molar-refractivity contribution in [2.75, 3.05) is 47.0 Å². The van der Waals surface area contributed by atoms with Crippen LogP contribution in [0.1, 0.15) is 40.4 Å². The maximum Gasteiger partial charge on any atom is 0.254 e. The molecule has 1 aliphatic heterocycles. The lowest BCUT2D eigenvalue weighted by Crippen LogP contribution is -2.62. The van der Waals surface area contributed by atoms with Crippen LogP contribution in [0.25, 0.3) is 0 Å². The number of Topliss-reactive ketones (excluding diaryl/α,β-unsaturated/α-hetero) is 1. The number of rotatable bonds is 7. The second-order valence-corrected chi connectivity index (χ2v) is 8.86. The Labute approximate surface area is 212 Å². The molecule has 1 fully saturated rings. The minimum absolute atomic E-state index is 0.298. The lowest BCUT2D eigenvalue weighted by atomic mass is 9.92. The van der Waals surface area contributed by atoms with Gasteiger partial charge in [0.05, 0.1) is 6.61 Å². The van der Waals surface area contributed by atoms with Gasteiger partial charge >= 0.3 is 0 Å². The maximum absolute atomic E-state index is 13.0. The second kappa shape index (κ2) is 12.5. The summed E-state index contributed by atoms with van der Waals surface area (Å²) < 4.78 is 5.51. The van der Waals surface area contributed by atoms with Crippen LogP contribution >= 0.6 is 0 Å². The van der Waals surface area contributed by atoms with Crippen molar-refractivity contribution in [1.82, 2.24) is 15.1 Å². The van der Waals surface area contributed by atoms with E-state index in [0.717, 1.165) is 55.3 Å². The third-order valence-electron chi connectivity index (χ3n) is 6.49. The molecule has 1 atom stereocenters. The van der Waals surface area contributed by atoms with Crippen LogP contribution in [0.2, 0.25) is 0 Å². The molecule has 3 rings (SSSR count). The monoisotopic (exact) mass is 491 g/mol. The first-order valence-electron chi connectivity index (χ1n) is 11.9. The molecule has 1 unspecified atom stereocenters. The minimum atomic E-state index is -1.83. The van der Waals surface area contributed by atoms with Gasteiger partial charge in [-0.3, -0.25) is 19.3 Å². The van der Waals surface area contributed by atoms with Gasteiger partial charge in [0.15, 0.2) is 11.3 Å². The number of carbonyl (C=O) groups excluding carboxylic acids is 3. The van der Waals surface area contributed by atoms with Crippen molar-refractivity contribution in [2.24, 2.45) is 0 Å². The van der Waals surface area contributed by atoms with Crippen LogP contribution < -0.4 is 5.32 Å². The number of aliphatic hydroxyl groups is 1. The molecule has 0 aliphatic carbocycles. The number of hydrogen-bond donors (Lipinski definition) is 2. The highest BCUT2D eigenvalue weighted by Crippen LogP contribution is 2.19. The molecule has 2 aromatic carbocycles. The van der Waals surface area contributed by atoms with Crippen LogP contribution in [0.4, 0.5) is 0 Å². The Morgan fingerprint density at radius 3 is 2.22 bits per heavy atom. The van der Waals surface area contributed by atoms with Crippen LogP contribution in [0.5, 0.6) is 0 Å². The number of nitrogens with zero attached hydrogens (tertiary/aromatic N) is 2. The number of likely N-dealkylation sites (N-methyl/N-ethyl adjacent to an activating group) is 2. The van der Waals surface area contributed by atoms with E-state index in [1.807, 2.05) is 12.1 Å². The Bertz CT molecular complexity index is 1110. The van der Waals surface area contributed by atoms with Crippen LogP contribution in [0, 0.1) is 11.8 Å². The molecule has 1 saturated heterocycles. The lowest BCUT2D eigenvalue weighted by molar-refractivity contribution is -0.143. The lowest BCUT2D eigenvalue weighted by Gasteiger charge is -2.35. The molecule has 0 radical (unpaired) electrons. The highest BCUT2D eigenvalue weighted by atomic mass is 16.5. The SMILES string of the molecule is CNC(=O)C(C)(C(=O)CO)N(C)C(=O)c1ccc(C#Cc2ccc(CN3CCCOCC3)cc2)cc1. The number of carbonyl (C=O) groups is 3. The highest BCUT2D eigenvalue weighted by molar-refractivity contribution is 6.14. The van der Waals surface area contributed by atoms with Gasteiger partial charge in [0, 0.05) is 57.0 Å². The number of ether oxygens (including phenoxy) is 1. The smallest absolute Gasteiger partial charge is 0.254 e. The Morgan fingerprint density at radius 2 is 1.64 bits per heavy atom. The van der Waals surface area contributed by atoms with Crippen molar-refractivity contribution in [3.8, 4) is 11.8 Å². The quantitative estimate of drug-likeness (QED) is 0.449. The van der Waals surface area contributed by atoms with Gasteiger partial charge in [-0.25, -0.2) is 0 Å². The van der Waals surface area contributed by atoms with E-state index in [9.17, 15) is 19.5 Å². The fourth-order valence-corrected chi connectivity index (χ4v) is 4.01. The predicted molar refractivity (Wildman–Crippen MR) is 136 cm³/mol. The van der Waals surface area contributed by atoms with Gasteiger partial charge in [0.25, 0.3) is 11.8 Å². The summed E-state index contributed by atoms with van der Waals surface area (Å²) in [5.74, 6) is 4.27. The van der Waals surface area contributed by atoms with E-state index in [2.05, 4.69) is 34.2 Å². The maximum atomic E-state index is 13.0. The Kier molecular flexibility index (Phi) is 9.37. The van der Waals surface area contributed by atoms with Crippen molar-refractivity contribution < 1.29 is 24.2 Å². The van der Waals surface area contributed by atoms with Crippen molar-refractivity contribution in [2.45, 2.75) is 25.4 Å². The van der Waals surface area contributed by atoms with E-state index in [1.165, 1.54) is 26.6 Å². The predicted octanol–water partition coefficient (Wildman–Crippen LogP) is 1.45. The number of nitrogens with one attached hydrogen (secondary N) is 1. The Morgan fingerprint density at radius 1 is 1.03 bits per heavy atom. The Hall–Kier alpha value is -3.51. The van der Waals surface area contributed by atoms with Crippen molar-refractivity contribution in [1.29, 1.82) is 0 Å². The zero-order valence-corrected chi connectivity index (χ0v) is 21.0. The summed E-state index contributed by atoms with van der Waals surface area (Å²) in [6.07, 6.45) is 1.05. The van der Waals surface area contributed by atoms with Gasteiger partial charge in [-0.2, -0.15) is 0 Å². The number of amides is 2. The molecule has 8 nitrogen and oxygen atoms in total. The number of ketones is 1. The fraction of sp³-hybridized carbons (Fsp3) is 0.393. The normalized spacial score (nSPS) is 15.6. The van der Waals surface area contributed by atoms with Gasteiger partial charge in [0.2, 0.25) is 0 Å². The van der Waals surface area contributed by atoms with Gasteiger partial charge in [-0.05, 0) is 55.3 Å². The van der Waals surface area contributed by atoms with Gasteiger partial charge in [0.1, 0.15) is 6.61 Å². The topological polar surface area (TPSA) is 99.2 Å². The number of benzene rings is 2. The molecule has 0 aromatic heterocycles. The molecular formula is C28H33N3O5. The summed E-state index contributed by atoms with van der Waals surface area (Å²) >= 11 is 0. The van der Waals surface area contributed by atoms with E-state index in [4.69, 9.17) is 4.74 Å². The molecule has 0 bridgehead atoms. The molecule has 0 spiro atoms. The van der Waals surface area contributed by atoms with Gasteiger partial charge < -0.3 is 20.1 Å². The summed E-state index contributed by atoms with van der Waals surface area (Å²) in [4.78, 5) is 41.1. The fourth-order valence-electron chi connectivity index (χ4n) is 4.01. The van der Waals surface area contributed by atoms with Gasteiger partial charge in [-0.1, -0.05) is 24.0 Å². The summed E-state index contributed by atoms with van der Waals surface area (Å²) in [7, 11) is 2.74. The van der Waals surface area contributed by atoms with Crippen LogP contribution in [-0.2, 0) is 20.9 Å². The number of hydrogen-bond acceptors (Lipinski definition) is 6. The molecular weight excluding hydrogens is 458 g/mol. The van der Waals surface area contributed by atoms with E-state index < -0.39 is 29.7 Å². The van der Waals surface area contributed by atoms with E-state index in [1.54, 1.807) is 24.3 Å². The summed E-state index contributed by atoms with van der Waals surface area (Å²) in [5, 5.41) is 11.7. The van der Waals surface area contributed by atoms with Gasteiger partial charge in [-0.15, -0.1) is 0 Å². The molecule has 8 heteroatoms. The molecule has 2 aromatic rings. The molecule has 190 valence electrons. The minimum Gasteiger partial charge on any atom is -0.388 e. The molecule has 1 heterocycles. The molecule has 2 amide bonds. The Balaban J connectivity index is 1.66. The van der Waals surface area contributed by atoms with Crippen LogP contribution in [0.15, 0.2) is 48.5 Å². The summed E-state index contributed by atoms with van der Waals surface area (Å²) in [6, 6.07) is 14.8. The zero-order chi connectivity index (χ0) is 26.1. The molecule has 2 N–H and O–H groups in total. The van der Waals surface area contributed by atoms with Crippen LogP contribution in [0.3, 0.4) is 0 Å². The molecule has 0 saturated carbocycles. The molecule has 1 aliphatic rings. The summed E-state index contributed by atoms with van der Waals surface area (Å²) in [6.45, 7) is 4.94. The standard InChI is InChI=1S/C28H33N3O5/c1-28(25(33)20-32,27(35)29-2)30(3)26(34)24-13-11-22(12-14-24)6-5-21-7-9-23(10-8-21)19-31-15-4-17-36-18-16-31/h7-14,32H,4,15-20H2,1-3H3,(H,29,35). The van der Waals surface area contributed by atoms with Crippen molar-refractivity contribution in [3.63, 3.8) is 0 Å². The highest BCUT2D eigenvalue weighted by Gasteiger charge is 2.46. The van der Waals surface area contributed by atoms with Crippen molar-refractivity contribution >= 4 is 17.6 Å². The molecule has 36 heavy (non-hydrogen) atoms. The first-order valence-corrected chi connectivity index (χ1v) is 11.9. The third-order valence-corrected chi connectivity index (χ3v) is 6.49. The average Bonchev–Trinajstić information content (AvgIpc) is 3.19. The first kappa shape index (κ1) is 27.1. The van der Waals surface area contributed by atoms with E-state index in [-0.39, 0.29) is 0 Å². The third kappa shape index (κ3) is 6.38. The van der Waals surface area contributed by atoms with E-state index in [0.29, 0.717) is 5.56 Å².